The van der Waals surface area contributed by atoms with E-state index in [2.05, 4.69) is 11.9 Å². The number of ether oxygens (including phenoxy) is 1. The number of fused-ring (bicyclic) bond motifs is 1. The maximum absolute atomic E-state index is 11.4. The minimum absolute atomic E-state index is 0.00356. The number of carbonyl (C=O) groups is 1. The van der Waals surface area contributed by atoms with Gasteiger partial charge < -0.3 is 19.6 Å². The number of phenols is 1. The predicted molar refractivity (Wildman–Crippen MR) is 72.5 cm³/mol. The molecule has 20 heavy (non-hydrogen) atoms. The first-order valence-electron chi connectivity index (χ1n) is 5.87. The lowest BCUT2D eigenvalue weighted by molar-refractivity contribution is 0.158. The summed E-state index contributed by atoms with van der Waals surface area (Å²) in [7, 11) is 0. The van der Waals surface area contributed by atoms with Crippen LogP contribution in [0, 0.1) is 0 Å². The van der Waals surface area contributed by atoms with Crippen molar-refractivity contribution in [2.24, 2.45) is 0 Å². The molecule has 0 bridgehead atoms. The average molecular weight is 275 g/mol. The molecule has 1 heterocycles. The Morgan fingerprint density at radius 1 is 1.45 bits per heavy atom. The van der Waals surface area contributed by atoms with Gasteiger partial charge in [-0.2, -0.15) is 0 Å². The Kier molecular flexibility index (Phi) is 4.05. The fourth-order valence-corrected chi connectivity index (χ4v) is 1.72. The molecule has 0 aliphatic heterocycles. The summed E-state index contributed by atoms with van der Waals surface area (Å²) >= 11 is 0. The molecule has 104 valence electrons. The highest BCUT2D eigenvalue weighted by atomic mass is 16.5. The van der Waals surface area contributed by atoms with E-state index in [9.17, 15) is 14.7 Å². The van der Waals surface area contributed by atoms with Gasteiger partial charge >= 0.3 is 11.7 Å². The van der Waals surface area contributed by atoms with Crippen LogP contribution in [0.2, 0.25) is 0 Å². The van der Waals surface area contributed by atoms with Crippen molar-refractivity contribution in [3.63, 3.8) is 0 Å². The Balaban J connectivity index is 2.23. The molecule has 6 nitrogen and oxygen atoms in total. The van der Waals surface area contributed by atoms with Gasteiger partial charge in [0.05, 0.1) is 0 Å². The van der Waals surface area contributed by atoms with Crippen molar-refractivity contribution in [3.8, 4) is 5.75 Å². The molecule has 2 aromatic rings. The zero-order valence-electron chi connectivity index (χ0n) is 10.6. The highest BCUT2D eigenvalue weighted by Crippen LogP contribution is 2.21. The first kappa shape index (κ1) is 13.7. The normalized spacial score (nSPS) is 10.2. The molecule has 0 spiro atoms. The summed E-state index contributed by atoms with van der Waals surface area (Å²) in [5, 5.41) is 12.5. The maximum atomic E-state index is 11.4. The first-order valence-corrected chi connectivity index (χ1v) is 5.87. The van der Waals surface area contributed by atoms with Crippen molar-refractivity contribution in [2.75, 3.05) is 6.61 Å². The van der Waals surface area contributed by atoms with Crippen LogP contribution in [0.25, 0.3) is 11.0 Å². The molecule has 0 saturated carbocycles. The number of aromatic hydroxyl groups is 1. The molecule has 0 aliphatic carbocycles. The number of carbonyl (C=O) groups excluding carboxylic acids is 1. The van der Waals surface area contributed by atoms with E-state index in [4.69, 9.17) is 9.15 Å². The monoisotopic (exact) mass is 275 g/mol. The molecule has 6 heteroatoms. The number of amides is 1. The standard InChI is InChI=1S/C14H13NO5/c1-2-5-19-14(18)15-8-9-6-13(17)20-12-7-10(16)3-4-11(9)12/h2-4,6-7,16H,1,5,8H2,(H,15,18). The number of hydrogen-bond donors (Lipinski definition) is 2. The lowest BCUT2D eigenvalue weighted by Gasteiger charge is -2.07. The Labute approximate surface area is 114 Å². The number of nitrogens with one attached hydrogen (secondary N) is 1. The van der Waals surface area contributed by atoms with Crippen molar-refractivity contribution >= 4 is 17.1 Å². The fraction of sp³-hybridized carbons (Fsp3) is 0.143. The second-order valence-electron chi connectivity index (χ2n) is 4.01. The van der Waals surface area contributed by atoms with Gasteiger partial charge in [0.25, 0.3) is 0 Å². The van der Waals surface area contributed by atoms with Crippen LogP contribution in [0.3, 0.4) is 0 Å². The predicted octanol–water partition coefficient (Wildman–Crippen LogP) is 1.91. The van der Waals surface area contributed by atoms with Gasteiger partial charge in [-0.25, -0.2) is 9.59 Å². The van der Waals surface area contributed by atoms with Gasteiger partial charge in [0, 0.05) is 24.1 Å². The van der Waals surface area contributed by atoms with Crippen LogP contribution in [-0.4, -0.2) is 17.8 Å². The van der Waals surface area contributed by atoms with Gasteiger partial charge in [0.2, 0.25) is 0 Å². The van der Waals surface area contributed by atoms with E-state index in [1.807, 2.05) is 0 Å². The Morgan fingerprint density at radius 3 is 3.00 bits per heavy atom. The summed E-state index contributed by atoms with van der Waals surface area (Å²) in [5.74, 6) is -0.00356. The zero-order chi connectivity index (χ0) is 14.5. The largest absolute Gasteiger partial charge is 0.508 e. The minimum atomic E-state index is -0.606. The summed E-state index contributed by atoms with van der Waals surface area (Å²) < 4.78 is 9.75. The summed E-state index contributed by atoms with van der Waals surface area (Å²) in [6.45, 7) is 3.65. The quantitative estimate of drug-likeness (QED) is 0.657. The molecule has 1 amide bonds. The summed E-state index contributed by atoms with van der Waals surface area (Å²) in [6, 6.07) is 5.71. The molecule has 0 saturated heterocycles. The minimum Gasteiger partial charge on any atom is -0.508 e. The molecule has 0 fully saturated rings. The van der Waals surface area contributed by atoms with Crippen molar-refractivity contribution < 1.29 is 19.1 Å². The third kappa shape index (κ3) is 3.17. The van der Waals surface area contributed by atoms with Gasteiger partial charge in [-0.3, -0.25) is 0 Å². The molecule has 0 atom stereocenters. The molecular formula is C14H13NO5. The number of benzene rings is 1. The summed E-state index contributed by atoms with van der Waals surface area (Å²) in [5.41, 5.74) is 0.278. The average Bonchev–Trinajstić information content (AvgIpc) is 2.41. The molecule has 2 N–H and O–H groups in total. The first-order chi connectivity index (χ1) is 9.60. The number of alkyl carbamates (subject to hydrolysis) is 1. The number of phenolic OH excluding ortho intramolecular Hbond substituents is 1. The van der Waals surface area contributed by atoms with Crippen LogP contribution >= 0.6 is 0 Å². The topological polar surface area (TPSA) is 88.8 Å². The fourth-order valence-electron chi connectivity index (χ4n) is 1.72. The highest BCUT2D eigenvalue weighted by Gasteiger charge is 2.08. The van der Waals surface area contributed by atoms with Crippen LogP contribution in [-0.2, 0) is 11.3 Å². The van der Waals surface area contributed by atoms with Crippen molar-refractivity contribution in [3.05, 3.63) is 52.9 Å². The van der Waals surface area contributed by atoms with E-state index >= 15 is 0 Å². The molecule has 0 unspecified atom stereocenters. The second-order valence-corrected chi connectivity index (χ2v) is 4.01. The SMILES string of the molecule is C=CCOC(=O)NCc1cc(=O)oc2cc(O)ccc12. The third-order valence-corrected chi connectivity index (χ3v) is 2.57. The van der Waals surface area contributed by atoms with Crippen molar-refractivity contribution in [1.29, 1.82) is 0 Å². The molecule has 1 aromatic heterocycles. The number of hydrogen-bond acceptors (Lipinski definition) is 5. The van der Waals surface area contributed by atoms with Gasteiger partial charge in [0.1, 0.15) is 17.9 Å². The van der Waals surface area contributed by atoms with E-state index in [1.165, 1.54) is 24.3 Å². The van der Waals surface area contributed by atoms with Crippen LogP contribution in [0.15, 0.2) is 46.1 Å². The van der Waals surface area contributed by atoms with Crippen LogP contribution in [0.1, 0.15) is 5.56 Å². The van der Waals surface area contributed by atoms with E-state index in [1.54, 1.807) is 6.07 Å². The second kappa shape index (κ2) is 5.92. The lowest BCUT2D eigenvalue weighted by atomic mass is 10.1. The van der Waals surface area contributed by atoms with E-state index in [0.717, 1.165) is 0 Å². The molecular weight excluding hydrogens is 262 g/mol. The maximum Gasteiger partial charge on any atom is 0.407 e. The zero-order valence-corrected chi connectivity index (χ0v) is 10.6. The van der Waals surface area contributed by atoms with Gasteiger partial charge in [0.15, 0.2) is 0 Å². The third-order valence-electron chi connectivity index (χ3n) is 2.57. The van der Waals surface area contributed by atoms with E-state index < -0.39 is 11.7 Å². The lowest BCUT2D eigenvalue weighted by Crippen LogP contribution is -2.24. The van der Waals surface area contributed by atoms with E-state index in [0.29, 0.717) is 10.9 Å². The Hall–Kier alpha value is -2.76. The smallest absolute Gasteiger partial charge is 0.407 e. The van der Waals surface area contributed by atoms with Gasteiger partial charge in [-0.05, 0) is 17.7 Å². The summed E-state index contributed by atoms with van der Waals surface area (Å²) in [6.07, 6.45) is 0.847. The van der Waals surface area contributed by atoms with Crippen LogP contribution in [0.5, 0.6) is 5.75 Å². The van der Waals surface area contributed by atoms with Crippen molar-refractivity contribution in [2.45, 2.75) is 6.54 Å². The Morgan fingerprint density at radius 2 is 2.25 bits per heavy atom. The Bertz CT molecular complexity index is 704. The van der Waals surface area contributed by atoms with Crippen LogP contribution < -0.4 is 10.9 Å². The van der Waals surface area contributed by atoms with Gasteiger partial charge in [-0.15, -0.1) is 0 Å². The van der Waals surface area contributed by atoms with Crippen molar-refractivity contribution in [1.82, 2.24) is 5.32 Å². The number of rotatable bonds is 4. The molecule has 2 rings (SSSR count). The van der Waals surface area contributed by atoms with E-state index in [-0.39, 0.29) is 24.5 Å². The summed E-state index contributed by atoms with van der Waals surface area (Å²) in [4.78, 5) is 22.8. The van der Waals surface area contributed by atoms with Gasteiger partial charge in [-0.1, -0.05) is 12.7 Å². The molecule has 0 radical (unpaired) electrons. The van der Waals surface area contributed by atoms with Crippen LogP contribution in [0.4, 0.5) is 4.79 Å². The molecule has 0 aliphatic rings. The molecule has 1 aromatic carbocycles. The highest BCUT2D eigenvalue weighted by molar-refractivity contribution is 5.81.